The van der Waals surface area contributed by atoms with Gasteiger partial charge in [0.05, 0.1) is 6.61 Å². The highest BCUT2D eigenvalue weighted by atomic mass is 32.2. The van der Waals surface area contributed by atoms with Gasteiger partial charge in [0.2, 0.25) is 5.95 Å². The van der Waals surface area contributed by atoms with E-state index in [4.69, 9.17) is 21.6 Å². The van der Waals surface area contributed by atoms with Gasteiger partial charge in [0.25, 0.3) is 0 Å². The minimum atomic E-state index is 0.104. The topological polar surface area (TPSA) is 203 Å². The molecule has 0 saturated carbocycles. The van der Waals surface area contributed by atoms with Crippen LogP contribution >= 0.6 is 11.8 Å². The number of aliphatic hydroxyl groups is 1. The van der Waals surface area contributed by atoms with Gasteiger partial charge in [-0.15, -0.1) is 0 Å². The molecule has 10 aromatic rings. The lowest BCUT2D eigenvalue weighted by Gasteiger charge is -2.21. The molecule has 0 amide bonds. The van der Waals surface area contributed by atoms with E-state index in [0.717, 1.165) is 85.9 Å². The van der Waals surface area contributed by atoms with Gasteiger partial charge in [-0.1, -0.05) is 121 Å². The van der Waals surface area contributed by atoms with Crippen LogP contribution in [-0.4, -0.2) is 86.7 Å². The molecule has 0 aliphatic rings. The third kappa shape index (κ3) is 12.8. The molecule has 0 saturated heterocycles. The molecule has 4 aromatic carbocycles. The second-order valence-corrected chi connectivity index (χ2v) is 18.0. The molecule has 366 valence electrons. The van der Waals surface area contributed by atoms with Crippen LogP contribution in [-0.2, 0) is 26.0 Å². The Morgan fingerprint density at radius 2 is 1.10 bits per heavy atom. The maximum Gasteiger partial charge on any atom is 0.224 e. The van der Waals surface area contributed by atoms with Crippen LogP contribution in [0.3, 0.4) is 0 Å². The fraction of sp³-hybridized carbons (Fsp3) is 0.200. The molecule has 6 aromatic heterocycles. The number of benzene rings is 4. The van der Waals surface area contributed by atoms with E-state index in [1.807, 2.05) is 143 Å². The number of hydrogen-bond acceptors (Lipinski definition) is 15. The molecule has 0 radical (unpaired) electrons. The van der Waals surface area contributed by atoms with E-state index >= 15 is 0 Å². The van der Waals surface area contributed by atoms with Gasteiger partial charge < -0.3 is 31.7 Å². The van der Waals surface area contributed by atoms with Gasteiger partial charge >= 0.3 is 0 Å². The van der Waals surface area contributed by atoms with E-state index < -0.39 is 0 Å². The Bertz CT molecular complexity index is 3310. The Labute approximate surface area is 423 Å². The number of hydrogen-bond donors (Lipinski definition) is 4. The number of pyridine rings is 2. The molecular formula is C55H59N15OS. The molecule has 16 nitrogen and oxygen atoms in total. The Morgan fingerprint density at radius 3 is 1.64 bits per heavy atom. The summed E-state index contributed by atoms with van der Waals surface area (Å²) in [7, 11) is 3.94. The zero-order valence-electron chi connectivity index (χ0n) is 41.0. The van der Waals surface area contributed by atoms with Gasteiger partial charge in [-0.2, -0.15) is 24.2 Å². The molecule has 0 fully saturated rings. The van der Waals surface area contributed by atoms with E-state index in [-0.39, 0.29) is 18.7 Å². The standard InChI is InChI=1S/C27H28N8.C18H16N6S.C10H15NO/c1-19(13-20-7-6-8-21(14-20)17-28)32-27-29-12-11-24(33-27)34(2)26-16-23(22-9-4-3-5-10-22)15-25-30-18-31-35(25)26;1-23(15-8-9-19-18(22-15)25-2)17-11-14(13-6-4-3-5-7-13)10-16-20-12-21-24(16)17;1-8(11)5-9-3-2-4-10(6-9)7-12/h3-12,14-16,18-19H,13,17,28H2,1-2H3,(H,29,32,33);3-12H,1-2H3;2-4,6,8,12H,5,7,11H2,1H3. The van der Waals surface area contributed by atoms with E-state index in [1.54, 1.807) is 25.0 Å². The van der Waals surface area contributed by atoms with Crippen LogP contribution in [0.5, 0.6) is 0 Å². The molecular weight excluding hydrogens is 919 g/mol. The zero-order chi connectivity index (χ0) is 50.4. The molecule has 0 bridgehead atoms. The number of anilines is 5. The molecule has 10 rings (SSSR count). The second-order valence-electron chi connectivity index (χ2n) is 17.2. The number of rotatable bonds is 15. The summed E-state index contributed by atoms with van der Waals surface area (Å²) in [5.41, 5.74) is 21.9. The van der Waals surface area contributed by atoms with Gasteiger partial charge in [-0.3, -0.25) is 0 Å². The number of nitrogens with two attached hydrogens (primary N) is 2. The lowest BCUT2D eigenvalue weighted by molar-refractivity contribution is 0.281. The van der Waals surface area contributed by atoms with Crippen LogP contribution in [0, 0.1) is 0 Å². The highest BCUT2D eigenvalue weighted by Gasteiger charge is 2.17. The maximum atomic E-state index is 8.86. The number of nitrogens with one attached hydrogen (secondary N) is 1. The van der Waals surface area contributed by atoms with E-state index in [9.17, 15) is 0 Å². The Kier molecular flexibility index (Phi) is 16.9. The predicted octanol–water partition coefficient (Wildman–Crippen LogP) is 9.20. The summed E-state index contributed by atoms with van der Waals surface area (Å²) in [5.74, 6) is 3.88. The Hall–Kier alpha value is -8.09. The van der Waals surface area contributed by atoms with Crippen LogP contribution in [0.1, 0.15) is 36.1 Å². The normalized spacial score (nSPS) is 11.8. The highest BCUT2D eigenvalue weighted by Crippen LogP contribution is 2.31. The first kappa shape index (κ1) is 50.3. The van der Waals surface area contributed by atoms with Crippen LogP contribution < -0.4 is 26.6 Å². The van der Waals surface area contributed by atoms with Crippen LogP contribution in [0.2, 0.25) is 0 Å². The first-order chi connectivity index (χ1) is 35.1. The Balaban J connectivity index is 0.000000162. The molecule has 72 heavy (non-hydrogen) atoms. The van der Waals surface area contributed by atoms with Crippen LogP contribution in [0.15, 0.2) is 176 Å². The summed E-state index contributed by atoms with van der Waals surface area (Å²) < 4.78 is 3.63. The molecule has 2 atom stereocenters. The fourth-order valence-corrected chi connectivity index (χ4v) is 8.43. The quantitative estimate of drug-likeness (QED) is 0.0559. The van der Waals surface area contributed by atoms with Crippen molar-refractivity contribution in [3.8, 4) is 22.3 Å². The summed E-state index contributed by atoms with van der Waals surface area (Å²) in [4.78, 5) is 30.8. The average Bonchev–Trinajstić information content (AvgIpc) is 4.11. The minimum absolute atomic E-state index is 0.104. The third-order valence-electron chi connectivity index (χ3n) is 11.6. The van der Waals surface area contributed by atoms with Crippen molar-refractivity contribution in [2.75, 3.05) is 35.5 Å². The number of nitrogens with zero attached hydrogens (tertiary/aromatic N) is 12. The monoisotopic (exact) mass is 977 g/mol. The molecule has 6 N–H and O–H groups in total. The van der Waals surface area contributed by atoms with Crippen LogP contribution in [0.25, 0.3) is 33.5 Å². The maximum absolute atomic E-state index is 8.86. The van der Waals surface area contributed by atoms with Crippen molar-refractivity contribution in [3.63, 3.8) is 0 Å². The molecule has 0 aliphatic carbocycles. The lowest BCUT2D eigenvalue weighted by Crippen LogP contribution is -2.21. The minimum Gasteiger partial charge on any atom is -0.392 e. The summed E-state index contributed by atoms with van der Waals surface area (Å²) in [5, 5.41) is 21.8. The van der Waals surface area contributed by atoms with Crippen molar-refractivity contribution in [3.05, 3.63) is 193 Å². The van der Waals surface area contributed by atoms with Gasteiger partial charge in [0.1, 0.15) is 35.9 Å². The van der Waals surface area contributed by atoms with Gasteiger partial charge in [-0.05, 0) is 114 Å². The van der Waals surface area contributed by atoms with Crippen molar-refractivity contribution in [2.45, 2.75) is 57.1 Å². The molecule has 2 unspecified atom stereocenters. The second kappa shape index (κ2) is 24.2. The zero-order valence-corrected chi connectivity index (χ0v) is 41.8. The third-order valence-corrected chi connectivity index (χ3v) is 12.2. The Morgan fingerprint density at radius 1 is 0.583 bits per heavy atom. The van der Waals surface area contributed by atoms with E-state index in [2.05, 4.69) is 95.9 Å². The van der Waals surface area contributed by atoms with Crippen molar-refractivity contribution in [1.29, 1.82) is 0 Å². The number of thioether (sulfide) groups is 1. The lowest BCUT2D eigenvalue weighted by atomic mass is 10.0. The highest BCUT2D eigenvalue weighted by molar-refractivity contribution is 7.98. The summed E-state index contributed by atoms with van der Waals surface area (Å²) in [6, 6.07) is 49.1. The van der Waals surface area contributed by atoms with E-state index in [0.29, 0.717) is 12.5 Å². The summed E-state index contributed by atoms with van der Waals surface area (Å²) in [6.45, 7) is 4.74. The van der Waals surface area contributed by atoms with Crippen molar-refractivity contribution in [2.24, 2.45) is 11.5 Å². The fourth-order valence-electron chi connectivity index (χ4n) is 8.08. The number of aliphatic hydroxyl groups excluding tert-OH is 1. The smallest absolute Gasteiger partial charge is 0.224 e. The van der Waals surface area contributed by atoms with Crippen molar-refractivity contribution < 1.29 is 5.11 Å². The SMILES string of the molecule is CC(Cc1cccc(CN)c1)Nc1nccc(N(C)c2cc(-c3ccccc3)cc3ncnn23)n1.CC(N)Cc1cccc(CO)c1.CSc1nccc(N(C)c2cc(-c3ccccc3)cc3ncnn23)n1. The largest absolute Gasteiger partial charge is 0.392 e. The first-order valence-corrected chi connectivity index (χ1v) is 24.8. The van der Waals surface area contributed by atoms with Gasteiger partial charge in [-0.25, -0.2) is 24.9 Å². The van der Waals surface area contributed by atoms with Gasteiger partial charge in [0, 0.05) is 45.1 Å². The van der Waals surface area contributed by atoms with Gasteiger partial charge in [0.15, 0.2) is 16.5 Å². The summed E-state index contributed by atoms with van der Waals surface area (Å²) >= 11 is 1.52. The molecule has 0 aliphatic heterocycles. The number of aromatic nitrogens is 10. The average molecular weight is 978 g/mol. The van der Waals surface area contributed by atoms with E-state index in [1.165, 1.54) is 22.9 Å². The molecule has 6 heterocycles. The molecule has 17 heteroatoms. The summed E-state index contributed by atoms with van der Waals surface area (Å²) in [6.07, 6.45) is 10.3. The van der Waals surface area contributed by atoms with Crippen LogP contribution in [0.4, 0.5) is 29.2 Å². The van der Waals surface area contributed by atoms with Crippen molar-refractivity contribution >= 4 is 52.3 Å². The number of fused-ring (bicyclic) bond motifs is 2. The predicted molar refractivity (Wildman–Crippen MR) is 290 cm³/mol. The molecule has 0 spiro atoms. The van der Waals surface area contributed by atoms with Crippen molar-refractivity contribution in [1.82, 2.24) is 49.1 Å². The first-order valence-electron chi connectivity index (χ1n) is 23.5.